The Kier molecular flexibility index (Phi) is 5.44. The van der Waals surface area contributed by atoms with Gasteiger partial charge in [0.15, 0.2) is 0 Å². The highest BCUT2D eigenvalue weighted by atomic mass is 16.5. The Morgan fingerprint density at radius 3 is 2.60 bits per heavy atom. The summed E-state index contributed by atoms with van der Waals surface area (Å²) in [4.78, 5) is 0. The molecule has 2 rings (SSSR count). The van der Waals surface area contributed by atoms with Crippen molar-refractivity contribution in [1.82, 2.24) is 5.32 Å². The minimum atomic E-state index is -0.453. The Hall–Kier alpha value is -1.06. The molecule has 3 nitrogen and oxygen atoms in total. The van der Waals surface area contributed by atoms with Crippen LogP contribution in [-0.4, -0.2) is 24.8 Å². The molecule has 0 bridgehead atoms. The fourth-order valence-electron chi connectivity index (χ4n) is 3.08. The summed E-state index contributed by atoms with van der Waals surface area (Å²) in [5.74, 6) is 2.29. The fourth-order valence-corrected chi connectivity index (χ4v) is 3.08. The van der Waals surface area contributed by atoms with E-state index >= 15 is 0 Å². The molecule has 0 aromatic heterocycles. The average molecular weight is 277 g/mol. The summed E-state index contributed by atoms with van der Waals surface area (Å²) in [6.07, 6.45) is 3.40. The van der Waals surface area contributed by atoms with Crippen molar-refractivity contribution in [3.8, 4) is 5.75 Å². The highest BCUT2D eigenvalue weighted by molar-refractivity contribution is 5.28. The van der Waals surface area contributed by atoms with Crippen molar-refractivity contribution < 1.29 is 9.84 Å². The minimum Gasteiger partial charge on any atom is -0.497 e. The van der Waals surface area contributed by atoms with Gasteiger partial charge in [-0.1, -0.05) is 38.8 Å². The number of nitrogens with one attached hydrogen (secondary N) is 1. The largest absolute Gasteiger partial charge is 0.497 e. The molecule has 1 aromatic carbocycles. The summed E-state index contributed by atoms with van der Waals surface area (Å²) >= 11 is 0. The molecule has 0 spiro atoms. The number of methoxy groups -OCH3 is 1. The number of aliphatic hydroxyl groups excluding tert-OH is 1. The van der Waals surface area contributed by atoms with E-state index < -0.39 is 6.10 Å². The number of ether oxygens (including phenoxy) is 1. The third kappa shape index (κ3) is 3.74. The molecule has 0 amide bonds. The van der Waals surface area contributed by atoms with E-state index in [0.717, 1.165) is 17.2 Å². The number of rotatable bonds is 5. The molecule has 1 aromatic rings. The Morgan fingerprint density at radius 2 is 1.95 bits per heavy atom. The second kappa shape index (κ2) is 7.09. The summed E-state index contributed by atoms with van der Waals surface area (Å²) in [5.41, 5.74) is 0.940. The Labute approximate surface area is 122 Å². The number of hydrogen-bond donors (Lipinski definition) is 2. The molecule has 0 heterocycles. The van der Waals surface area contributed by atoms with Crippen LogP contribution >= 0.6 is 0 Å². The van der Waals surface area contributed by atoms with E-state index in [1.165, 1.54) is 19.3 Å². The van der Waals surface area contributed by atoms with Crippen molar-refractivity contribution in [2.24, 2.45) is 11.8 Å². The van der Waals surface area contributed by atoms with Crippen LogP contribution in [0.4, 0.5) is 0 Å². The Bertz CT molecular complexity index is 404. The lowest BCUT2D eigenvalue weighted by molar-refractivity contribution is 0.145. The molecule has 1 fully saturated rings. The quantitative estimate of drug-likeness (QED) is 0.869. The van der Waals surface area contributed by atoms with E-state index in [0.29, 0.717) is 18.5 Å². The first kappa shape index (κ1) is 15.3. The summed E-state index contributed by atoms with van der Waals surface area (Å²) in [7, 11) is 1.65. The molecule has 3 heteroatoms. The molecule has 2 N–H and O–H groups in total. The van der Waals surface area contributed by atoms with Gasteiger partial charge in [-0.15, -0.1) is 0 Å². The van der Waals surface area contributed by atoms with Crippen LogP contribution in [0.2, 0.25) is 0 Å². The second-order valence-corrected chi connectivity index (χ2v) is 6.07. The van der Waals surface area contributed by atoms with Crippen molar-refractivity contribution in [3.05, 3.63) is 29.8 Å². The Balaban J connectivity index is 1.86. The second-order valence-electron chi connectivity index (χ2n) is 6.07. The summed E-state index contributed by atoms with van der Waals surface area (Å²) in [5, 5.41) is 13.8. The van der Waals surface area contributed by atoms with Crippen molar-refractivity contribution in [3.63, 3.8) is 0 Å². The van der Waals surface area contributed by atoms with Crippen LogP contribution in [0.15, 0.2) is 24.3 Å². The lowest BCUT2D eigenvalue weighted by Crippen LogP contribution is -2.42. The molecule has 1 aliphatic rings. The van der Waals surface area contributed by atoms with Gasteiger partial charge in [0, 0.05) is 12.6 Å². The summed E-state index contributed by atoms with van der Waals surface area (Å²) in [6.45, 7) is 5.27. The van der Waals surface area contributed by atoms with Crippen molar-refractivity contribution in [2.45, 2.75) is 45.3 Å². The molecular formula is C17H27NO2. The molecule has 0 radical (unpaired) electrons. The lowest BCUT2D eigenvalue weighted by atomic mass is 9.78. The van der Waals surface area contributed by atoms with Crippen LogP contribution in [0.25, 0.3) is 0 Å². The van der Waals surface area contributed by atoms with Crippen LogP contribution in [0.5, 0.6) is 5.75 Å². The number of benzene rings is 1. The zero-order valence-electron chi connectivity index (χ0n) is 12.8. The van der Waals surface area contributed by atoms with Gasteiger partial charge in [0.1, 0.15) is 5.75 Å². The first-order chi connectivity index (χ1) is 9.61. The lowest BCUT2D eigenvalue weighted by Gasteiger charge is -2.35. The van der Waals surface area contributed by atoms with Crippen molar-refractivity contribution in [1.29, 1.82) is 0 Å². The van der Waals surface area contributed by atoms with Crippen molar-refractivity contribution in [2.75, 3.05) is 13.7 Å². The summed E-state index contributed by atoms with van der Waals surface area (Å²) < 4.78 is 5.13. The molecule has 4 atom stereocenters. The van der Waals surface area contributed by atoms with Gasteiger partial charge in [0.05, 0.1) is 13.2 Å². The monoisotopic (exact) mass is 277 g/mol. The van der Waals surface area contributed by atoms with E-state index in [1.807, 2.05) is 24.3 Å². The van der Waals surface area contributed by atoms with Gasteiger partial charge < -0.3 is 15.2 Å². The molecule has 0 aliphatic heterocycles. The number of hydrogen-bond acceptors (Lipinski definition) is 3. The Morgan fingerprint density at radius 1 is 1.25 bits per heavy atom. The first-order valence-electron chi connectivity index (χ1n) is 7.67. The van der Waals surface area contributed by atoms with E-state index in [-0.39, 0.29) is 0 Å². The predicted molar refractivity (Wildman–Crippen MR) is 81.9 cm³/mol. The molecular weight excluding hydrogens is 250 g/mol. The van der Waals surface area contributed by atoms with Gasteiger partial charge in [0.25, 0.3) is 0 Å². The van der Waals surface area contributed by atoms with E-state index in [9.17, 15) is 5.11 Å². The van der Waals surface area contributed by atoms with E-state index in [2.05, 4.69) is 19.2 Å². The molecule has 1 aliphatic carbocycles. The van der Waals surface area contributed by atoms with Gasteiger partial charge >= 0.3 is 0 Å². The SMILES string of the molecule is COc1ccc(C(O)CNC2CCCC(C)C2C)cc1. The molecule has 1 saturated carbocycles. The van der Waals surface area contributed by atoms with Crippen LogP contribution < -0.4 is 10.1 Å². The highest BCUT2D eigenvalue weighted by Gasteiger charge is 2.27. The summed E-state index contributed by atoms with van der Waals surface area (Å²) in [6, 6.07) is 8.18. The molecule has 20 heavy (non-hydrogen) atoms. The zero-order chi connectivity index (χ0) is 14.5. The van der Waals surface area contributed by atoms with Gasteiger partial charge in [-0.2, -0.15) is 0 Å². The number of aliphatic hydroxyl groups is 1. The minimum absolute atomic E-state index is 0.453. The third-order valence-corrected chi connectivity index (χ3v) is 4.78. The predicted octanol–water partition coefficient (Wildman–Crippen LogP) is 3.14. The third-order valence-electron chi connectivity index (χ3n) is 4.78. The molecule has 0 saturated heterocycles. The van der Waals surface area contributed by atoms with Crippen LogP contribution in [-0.2, 0) is 0 Å². The van der Waals surface area contributed by atoms with Crippen LogP contribution in [0.3, 0.4) is 0 Å². The molecule has 4 unspecified atom stereocenters. The maximum absolute atomic E-state index is 10.3. The van der Waals surface area contributed by atoms with Crippen LogP contribution in [0, 0.1) is 11.8 Å². The van der Waals surface area contributed by atoms with Gasteiger partial charge in [-0.3, -0.25) is 0 Å². The maximum Gasteiger partial charge on any atom is 0.118 e. The van der Waals surface area contributed by atoms with Gasteiger partial charge in [-0.05, 0) is 36.0 Å². The van der Waals surface area contributed by atoms with Gasteiger partial charge in [0.2, 0.25) is 0 Å². The van der Waals surface area contributed by atoms with E-state index in [1.54, 1.807) is 7.11 Å². The van der Waals surface area contributed by atoms with Crippen LogP contribution in [0.1, 0.15) is 44.8 Å². The smallest absolute Gasteiger partial charge is 0.118 e. The fraction of sp³-hybridized carbons (Fsp3) is 0.647. The van der Waals surface area contributed by atoms with Crippen molar-refractivity contribution >= 4 is 0 Å². The standard InChI is InChI=1S/C17H27NO2/c1-12-5-4-6-16(13(12)2)18-11-17(19)14-7-9-15(20-3)10-8-14/h7-10,12-13,16-19H,4-6,11H2,1-3H3. The van der Waals surface area contributed by atoms with Gasteiger partial charge in [-0.25, -0.2) is 0 Å². The zero-order valence-corrected chi connectivity index (χ0v) is 12.8. The first-order valence-corrected chi connectivity index (χ1v) is 7.67. The maximum atomic E-state index is 10.3. The average Bonchev–Trinajstić information content (AvgIpc) is 2.48. The highest BCUT2D eigenvalue weighted by Crippen LogP contribution is 2.29. The normalized spacial score (nSPS) is 28.1. The van der Waals surface area contributed by atoms with E-state index in [4.69, 9.17) is 4.74 Å². The topological polar surface area (TPSA) is 41.5 Å². The molecule has 112 valence electrons.